The zero-order valence-electron chi connectivity index (χ0n) is 16.0. The van der Waals surface area contributed by atoms with Crippen molar-refractivity contribution >= 4 is 50.4 Å². The maximum absolute atomic E-state index is 13.1. The van der Waals surface area contributed by atoms with Crippen molar-refractivity contribution in [1.29, 1.82) is 0 Å². The molecule has 0 saturated carbocycles. The number of amides is 1. The third kappa shape index (κ3) is 3.21. The highest BCUT2D eigenvalue weighted by Gasteiger charge is 2.48. The number of hydrogen-bond acceptors (Lipinski definition) is 5. The van der Waals surface area contributed by atoms with Crippen LogP contribution in [0.15, 0.2) is 83.1 Å². The van der Waals surface area contributed by atoms with Gasteiger partial charge < -0.3 is 10.1 Å². The monoisotopic (exact) mass is 474 g/mol. The SMILES string of the molecule is O=C1C(=O)N(c2nc3ccccc3[nH]2)C(c2ccncc2)/C1=C(\O)c1ccc(Br)cc1. The van der Waals surface area contributed by atoms with Gasteiger partial charge in [0, 0.05) is 22.4 Å². The largest absolute Gasteiger partial charge is 0.507 e. The van der Waals surface area contributed by atoms with Crippen molar-refractivity contribution in [2.75, 3.05) is 4.90 Å². The second-order valence-corrected chi connectivity index (χ2v) is 7.95. The number of benzene rings is 2. The predicted molar refractivity (Wildman–Crippen MR) is 119 cm³/mol. The Morgan fingerprint density at radius 3 is 2.42 bits per heavy atom. The van der Waals surface area contributed by atoms with Crippen LogP contribution in [0.5, 0.6) is 0 Å². The summed E-state index contributed by atoms with van der Waals surface area (Å²) in [4.78, 5) is 39.1. The summed E-state index contributed by atoms with van der Waals surface area (Å²) >= 11 is 3.36. The third-order valence-corrected chi connectivity index (χ3v) is 5.72. The summed E-state index contributed by atoms with van der Waals surface area (Å²) in [6.07, 6.45) is 3.15. The molecule has 0 aliphatic carbocycles. The number of nitrogens with one attached hydrogen (secondary N) is 1. The predicted octanol–water partition coefficient (Wildman–Crippen LogP) is 4.35. The van der Waals surface area contributed by atoms with Gasteiger partial charge in [0.15, 0.2) is 0 Å². The Bertz CT molecular complexity index is 1310. The number of pyridine rings is 1. The second-order valence-electron chi connectivity index (χ2n) is 7.03. The number of carbonyl (C=O) groups is 2. The molecule has 8 heteroatoms. The third-order valence-electron chi connectivity index (χ3n) is 5.19. The van der Waals surface area contributed by atoms with Gasteiger partial charge in [0.1, 0.15) is 5.76 Å². The molecule has 31 heavy (non-hydrogen) atoms. The molecule has 5 rings (SSSR count). The van der Waals surface area contributed by atoms with E-state index in [9.17, 15) is 14.7 Å². The Labute approximate surface area is 185 Å². The average Bonchev–Trinajstić information content (AvgIpc) is 3.33. The van der Waals surface area contributed by atoms with Gasteiger partial charge in [-0.1, -0.05) is 40.2 Å². The number of Topliss-reactive ketones (excluding diaryl/α,β-unsaturated/α-hetero) is 1. The average molecular weight is 475 g/mol. The Kier molecular flexibility index (Phi) is 4.63. The Morgan fingerprint density at radius 1 is 1.00 bits per heavy atom. The topological polar surface area (TPSA) is 99.2 Å². The first kappa shape index (κ1) is 19.2. The number of fused-ring (bicyclic) bond motifs is 1. The van der Waals surface area contributed by atoms with Gasteiger partial charge in [-0.05, 0) is 42.0 Å². The summed E-state index contributed by atoms with van der Waals surface area (Å²) < 4.78 is 0.831. The van der Waals surface area contributed by atoms with Crippen LogP contribution < -0.4 is 4.90 Å². The number of aliphatic hydroxyl groups is 1. The van der Waals surface area contributed by atoms with E-state index in [0.717, 1.165) is 9.99 Å². The molecule has 1 fully saturated rings. The van der Waals surface area contributed by atoms with Crippen molar-refractivity contribution in [2.45, 2.75) is 6.04 Å². The molecule has 1 amide bonds. The van der Waals surface area contributed by atoms with Crippen LogP contribution >= 0.6 is 15.9 Å². The molecule has 2 aromatic heterocycles. The number of hydrogen-bond donors (Lipinski definition) is 2. The van der Waals surface area contributed by atoms with E-state index in [1.165, 1.54) is 4.90 Å². The molecule has 1 aliphatic heterocycles. The Hall–Kier alpha value is -3.78. The zero-order valence-corrected chi connectivity index (χ0v) is 17.6. The molecule has 7 nitrogen and oxygen atoms in total. The van der Waals surface area contributed by atoms with Crippen molar-refractivity contribution in [2.24, 2.45) is 0 Å². The van der Waals surface area contributed by atoms with Gasteiger partial charge in [0.2, 0.25) is 5.95 Å². The number of H-pyrrole nitrogens is 1. The van der Waals surface area contributed by atoms with Gasteiger partial charge >= 0.3 is 5.91 Å². The number of aromatic amines is 1. The Balaban J connectivity index is 1.73. The van der Waals surface area contributed by atoms with E-state index in [1.807, 2.05) is 24.3 Å². The lowest BCUT2D eigenvalue weighted by Gasteiger charge is -2.22. The normalized spacial score (nSPS) is 18.1. The number of carbonyl (C=O) groups excluding carboxylic acids is 2. The smallest absolute Gasteiger partial charge is 0.302 e. The number of aromatic nitrogens is 3. The zero-order chi connectivity index (χ0) is 21.5. The van der Waals surface area contributed by atoms with Crippen LogP contribution in [0.4, 0.5) is 5.95 Å². The molecule has 3 heterocycles. The van der Waals surface area contributed by atoms with Crippen LogP contribution in [0.2, 0.25) is 0 Å². The van der Waals surface area contributed by atoms with Gasteiger partial charge in [-0.3, -0.25) is 19.5 Å². The van der Waals surface area contributed by atoms with Crippen LogP contribution in [-0.2, 0) is 9.59 Å². The van der Waals surface area contributed by atoms with Gasteiger partial charge in [0.05, 0.1) is 22.6 Å². The number of ketones is 1. The van der Waals surface area contributed by atoms with E-state index in [0.29, 0.717) is 16.6 Å². The fourth-order valence-electron chi connectivity index (χ4n) is 3.73. The van der Waals surface area contributed by atoms with Crippen molar-refractivity contribution in [3.05, 3.63) is 94.2 Å². The van der Waals surface area contributed by atoms with Crippen LogP contribution in [0.1, 0.15) is 17.2 Å². The maximum Gasteiger partial charge on any atom is 0.302 e. The minimum atomic E-state index is -0.854. The second kappa shape index (κ2) is 7.48. The summed E-state index contributed by atoms with van der Waals surface area (Å²) in [6, 6.07) is 16.8. The highest BCUT2D eigenvalue weighted by Crippen LogP contribution is 2.41. The van der Waals surface area contributed by atoms with Crippen LogP contribution in [0.3, 0.4) is 0 Å². The molecule has 4 aromatic rings. The van der Waals surface area contributed by atoms with Gasteiger partial charge in [-0.2, -0.15) is 0 Å². The molecule has 1 aliphatic rings. The summed E-state index contributed by atoms with van der Waals surface area (Å²) in [6.45, 7) is 0. The van der Waals surface area contributed by atoms with E-state index >= 15 is 0 Å². The molecule has 1 unspecified atom stereocenters. The van der Waals surface area contributed by atoms with Gasteiger partial charge in [-0.25, -0.2) is 4.98 Å². The highest BCUT2D eigenvalue weighted by atomic mass is 79.9. The summed E-state index contributed by atoms with van der Waals surface area (Å²) in [5.74, 6) is -1.55. The van der Waals surface area contributed by atoms with Crippen LogP contribution in [-0.4, -0.2) is 31.7 Å². The van der Waals surface area contributed by atoms with Gasteiger partial charge in [0.25, 0.3) is 5.78 Å². The molecule has 1 saturated heterocycles. The minimum Gasteiger partial charge on any atom is -0.507 e. The van der Waals surface area contributed by atoms with E-state index < -0.39 is 17.7 Å². The summed E-state index contributed by atoms with van der Waals surface area (Å²) in [7, 11) is 0. The summed E-state index contributed by atoms with van der Waals surface area (Å²) in [5, 5.41) is 11.1. The molecule has 1 atom stereocenters. The molecule has 0 spiro atoms. The van der Waals surface area contributed by atoms with E-state index in [1.54, 1.807) is 48.8 Å². The summed E-state index contributed by atoms with van der Waals surface area (Å²) in [5.41, 5.74) is 2.47. The van der Waals surface area contributed by atoms with Crippen molar-refractivity contribution in [1.82, 2.24) is 15.0 Å². The van der Waals surface area contributed by atoms with Crippen LogP contribution in [0.25, 0.3) is 16.8 Å². The molecule has 0 bridgehead atoms. The molecule has 152 valence electrons. The molecule has 2 N–H and O–H groups in total. The fourth-order valence-corrected chi connectivity index (χ4v) is 3.99. The van der Waals surface area contributed by atoms with Crippen molar-refractivity contribution in [3.63, 3.8) is 0 Å². The minimum absolute atomic E-state index is 0.000946. The molecule has 0 radical (unpaired) electrons. The lowest BCUT2D eigenvalue weighted by molar-refractivity contribution is -0.132. The maximum atomic E-state index is 13.1. The van der Waals surface area contributed by atoms with E-state index in [4.69, 9.17) is 0 Å². The van der Waals surface area contributed by atoms with E-state index in [-0.39, 0.29) is 17.3 Å². The van der Waals surface area contributed by atoms with E-state index in [2.05, 4.69) is 30.9 Å². The number of rotatable bonds is 3. The molecular formula is C23H15BrN4O3. The lowest BCUT2D eigenvalue weighted by Crippen LogP contribution is -2.30. The van der Waals surface area contributed by atoms with Crippen LogP contribution in [0, 0.1) is 0 Å². The highest BCUT2D eigenvalue weighted by molar-refractivity contribution is 9.10. The number of nitrogens with zero attached hydrogens (tertiary/aromatic N) is 3. The van der Waals surface area contributed by atoms with Crippen molar-refractivity contribution in [3.8, 4) is 0 Å². The number of para-hydroxylation sites is 2. The number of anilines is 1. The molecule has 2 aromatic carbocycles. The first-order chi connectivity index (χ1) is 15.0. The number of imidazole rings is 1. The lowest BCUT2D eigenvalue weighted by atomic mass is 9.96. The number of halogens is 1. The first-order valence-corrected chi connectivity index (χ1v) is 10.3. The molecular weight excluding hydrogens is 460 g/mol. The number of aliphatic hydroxyl groups excluding tert-OH is 1. The van der Waals surface area contributed by atoms with Gasteiger partial charge in [-0.15, -0.1) is 0 Å². The standard InChI is InChI=1S/C23H15BrN4O3/c24-15-7-5-14(6-8-15)20(29)18-19(13-9-11-25-12-10-13)28(22(31)21(18)30)23-26-16-3-1-2-4-17(16)27-23/h1-12,19,29H,(H,26,27)/b20-18+. The Morgan fingerprint density at radius 2 is 1.71 bits per heavy atom. The van der Waals surface area contributed by atoms with Crippen molar-refractivity contribution < 1.29 is 14.7 Å². The quantitative estimate of drug-likeness (QED) is 0.261. The first-order valence-electron chi connectivity index (χ1n) is 9.46. The fraction of sp³-hybridized carbons (Fsp3) is 0.0435.